The van der Waals surface area contributed by atoms with Crippen molar-refractivity contribution in [1.29, 1.82) is 0 Å². The van der Waals surface area contributed by atoms with Crippen LogP contribution in [-0.2, 0) is 9.53 Å². The highest BCUT2D eigenvalue weighted by Crippen LogP contribution is 2.27. The van der Waals surface area contributed by atoms with Gasteiger partial charge in [0.15, 0.2) is 0 Å². The lowest BCUT2D eigenvalue weighted by Gasteiger charge is -2.13. The van der Waals surface area contributed by atoms with E-state index in [0.717, 1.165) is 12.8 Å². The van der Waals surface area contributed by atoms with Gasteiger partial charge in [0.05, 0.1) is 13.1 Å². The zero-order chi connectivity index (χ0) is 16.2. The quantitative estimate of drug-likeness (QED) is 0.907. The topological polar surface area (TPSA) is 58.6 Å². The third-order valence-corrected chi connectivity index (χ3v) is 4.49. The van der Waals surface area contributed by atoms with Crippen LogP contribution in [0, 0.1) is 11.7 Å². The lowest BCUT2D eigenvalue weighted by molar-refractivity contribution is -0.122. The molecule has 23 heavy (non-hydrogen) atoms. The Bertz CT molecular complexity index is 570. The Balaban J connectivity index is 1.47. The van der Waals surface area contributed by atoms with E-state index < -0.39 is 6.09 Å². The number of nitrogens with one attached hydrogen (secondary N) is 1. The molecule has 1 saturated carbocycles. The van der Waals surface area contributed by atoms with Crippen molar-refractivity contribution < 1.29 is 18.7 Å². The summed E-state index contributed by atoms with van der Waals surface area (Å²) in [6, 6.07) is 5.69. The summed E-state index contributed by atoms with van der Waals surface area (Å²) < 4.78 is 18.2. The molecule has 0 bridgehead atoms. The van der Waals surface area contributed by atoms with Crippen molar-refractivity contribution in [3.8, 4) is 0 Å². The van der Waals surface area contributed by atoms with Crippen LogP contribution in [-0.4, -0.2) is 31.2 Å². The maximum atomic E-state index is 12.9. The Morgan fingerprint density at radius 1 is 1.26 bits per heavy atom. The summed E-state index contributed by atoms with van der Waals surface area (Å²) in [5.74, 6) is 0.169. The Labute approximate surface area is 134 Å². The second-order valence-electron chi connectivity index (χ2n) is 6.25. The normalized spacial score (nSPS) is 21.5. The first kappa shape index (κ1) is 15.8. The SMILES string of the molecule is O=C(CC1CCCC1)NC[C@H]1CN(c2ccc(F)cc2)C(=O)O1. The summed E-state index contributed by atoms with van der Waals surface area (Å²) in [5, 5.41) is 2.85. The van der Waals surface area contributed by atoms with Gasteiger partial charge in [-0.1, -0.05) is 12.8 Å². The summed E-state index contributed by atoms with van der Waals surface area (Å²) in [5.41, 5.74) is 0.594. The molecule has 1 heterocycles. The molecule has 0 spiro atoms. The van der Waals surface area contributed by atoms with Gasteiger partial charge in [-0.3, -0.25) is 9.69 Å². The molecule has 0 aromatic heterocycles. The van der Waals surface area contributed by atoms with E-state index in [-0.39, 0.29) is 17.8 Å². The molecular formula is C17H21FN2O3. The van der Waals surface area contributed by atoms with E-state index in [1.54, 1.807) is 0 Å². The Hall–Kier alpha value is -2.11. The molecule has 2 fully saturated rings. The standard InChI is InChI=1S/C17H21FN2O3/c18-13-5-7-14(8-6-13)20-11-15(23-17(20)22)10-19-16(21)9-12-3-1-2-4-12/h5-8,12,15H,1-4,9-11H2,(H,19,21)/t15-/m0/s1. The molecule has 0 radical (unpaired) electrons. The maximum absolute atomic E-state index is 12.9. The molecule has 1 aliphatic heterocycles. The van der Waals surface area contributed by atoms with Crippen LogP contribution in [0.2, 0.25) is 0 Å². The third-order valence-electron chi connectivity index (χ3n) is 4.49. The first-order chi connectivity index (χ1) is 11.1. The molecule has 2 aliphatic rings. The number of carbonyl (C=O) groups is 2. The van der Waals surface area contributed by atoms with E-state index in [0.29, 0.717) is 31.1 Å². The maximum Gasteiger partial charge on any atom is 0.414 e. The fraction of sp³-hybridized carbons (Fsp3) is 0.529. The van der Waals surface area contributed by atoms with E-state index in [2.05, 4.69) is 5.32 Å². The Kier molecular flexibility index (Phi) is 4.79. The van der Waals surface area contributed by atoms with Crippen molar-refractivity contribution in [2.24, 2.45) is 5.92 Å². The summed E-state index contributed by atoms with van der Waals surface area (Å²) in [6.07, 6.45) is 4.40. The molecule has 1 N–H and O–H groups in total. The molecular weight excluding hydrogens is 299 g/mol. The van der Waals surface area contributed by atoms with Crippen LogP contribution in [0.5, 0.6) is 0 Å². The molecule has 6 heteroatoms. The van der Waals surface area contributed by atoms with E-state index in [1.807, 2.05) is 0 Å². The summed E-state index contributed by atoms with van der Waals surface area (Å²) in [6.45, 7) is 0.670. The Morgan fingerprint density at radius 2 is 1.96 bits per heavy atom. The number of hydrogen-bond acceptors (Lipinski definition) is 3. The van der Waals surface area contributed by atoms with Crippen LogP contribution in [0.25, 0.3) is 0 Å². The lowest BCUT2D eigenvalue weighted by atomic mass is 10.0. The number of carbonyl (C=O) groups excluding carboxylic acids is 2. The predicted molar refractivity (Wildman–Crippen MR) is 83.6 cm³/mol. The van der Waals surface area contributed by atoms with Gasteiger partial charge >= 0.3 is 6.09 Å². The summed E-state index contributed by atoms with van der Waals surface area (Å²) >= 11 is 0. The number of ether oxygens (including phenoxy) is 1. The van der Waals surface area contributed by atoms with Gasteiger partial charge in [-0.05, 0) is 43.0 Å². The Morgan fingerprint density at radius 3 is 2.65 bits per heavy atom. The number of cyclic esters (lactones) is 1. The van der Waals surface area contributed by atoms with Gasteiger partial charge in [0.2, 0.25) is 5.91 Å². The number of nitrogens with zero attached hydrogens (tertiary/aromatic N) is 1. The van der Waals surface area contributed by atoms with Gasteiger partial charge in [0, 0.05) is 12.1 Å². The van der Waals surface area contributed by atoms with Gasteiger partial charge in [0.1, 0.15) is 11.9 Å². The fourth-order valence-corrected chi connectivity index (χ4v) is 3.24. The molecule has 1 saturated heterocycles. The molecule has 5 nitrogen and oxygen atoms in total. The van der Waals surface area contributed by atoms with Gasteiger partial charge in [-0.15, -0.1) is 0 Å². The summed E-state index contributed by atoms with van der Waals surface area (Å²) in [4.78, 5) is 25.3. The highest BCUT2D eigenvalue weighted by Gasteiger charge is 2.32. The minimum absolute atomic E-state index is 0.0215. The van der Waals surface area contributed by atoms with Crippen molar-refractivity contribution in [3.05, 3.63) is 30.1 Å². The lowest BCUT2D eigenvalue weighted by Crippen LogP contribution is -2.35. The number of rotatable bonds is 5. The molecule has 1 aromatic rings. The molecule has 0 unspecified atom stereocenters. The van der Waals surface area contributed by atoms with E-state index in [1.165, 1.54) is 42.0 Å². The molecule has 3 rings (SSSR count). The van der Waals surface area contributed by atoms with Crippen LogP contribution < -0.4 is 10.2 Å². The third kappa shape index (κ3) is 4.00. The second-order valence-corrected chi connectivity index (χ2v) is 6.25. The molecule has 124 valence electrons. The monoisotopic (exact) mass is 320 g/mol. The molecule has 1 atom stereocenters. The highest BCUT2D eigenvalue weighted by molar-refractivity contribution is 5.89. The van der Waals surface area contributed by atoms with Crippen LogP contribution in [0.4, 0.5) is 14.9 Å². The van der Waals surface area contributed by atoms with Gasteiger partial charge in [-0.25, -0.2) is 9.18 Å². The summed E-state index contributed by atoms with van der Waals surface area (Å²) in [7, 11) is 0. The average Bonchev–Trinajstić information content (AvgIpc) is 3.16. The minimum Gasteiger partial charge on any atom is -0.442 e. The largest absolute Gasteiger partial charge is 0.442 e. The zero-order valence-corrected chi connectivity index (χ0v) is 13.0. The van der Waals surface area contributed by atoms with Crippen molar-refractivity contribution in [2.75, 3.05) is 18.0 Å². The number of amides is 2. The van der Waals surface area contributed by atoms with Crippen LogP contribution in [0.1, 0.15) is 32.1 Å². The van der Waals surface area contributed by atoms with E-state index >= 15 is 0 Å². The van der Waals surface area contributed by atoms with Crippen LogP contribution >= 0.6 is 0 Å². The predicted octanol–water partition coefficient (Wildman–Crippen LogP) is 2.85. The first-order valence-corrected chi connectivity index (χ1v) is 8.12. The van der Waals surface area contributed by atoms with E-state index in [4.69, 9.17) is 4.74 Å². The van der Waals surface area contributed by atoms with Crippen LogP contribution in [0.15, 0.2) is 24.3 Å². The number of hydrogen-bond donors (Lipinski definition) is 1. The smallest absolute Gasteiger partial charge is 0.414 e. The molecule has 1 aromatic carbocycles. The fourth-order valence-electron chi connectivity index (χ4n) is 3.24. The molecule has 1 aliphatic carbocycles. The van der Waals surface area contributed by atoms with Crippen molar-refractivity contribution in [2.45, 2.75) is 38.2 Å². The number of halogens is 1. The van der Waals surface area contributed by atoms with Gasteiger partial charge in [-0.2, -0.15) is 0 Å². The van der Waals surface area contributed by atoms with Crippen molar-refractivity contribution >= 4 is 17.7 Å². The molecule has 2 amide bonds. The average molecular weight is 320 g/mol. The minimum atomic E-state index is -0.466. The number of benzene rings is 1. The second kappa shape index (κ2) is 6.98. The van der Waals surface area contributed by atoms with Gasteiger partial charge in [0.25, 0.3) is 0 Å². The van der Waals surface area contributed by atoms with Crippen LogP contribution in [0.3, 0.4) is 0 Å². The highest BCUT2D eigenvalue weighted by atomic mass is 19.1. The zero-order valence-electron chi connectivity index (χ0n) is 13.0. The first-order valence-electron chi connectivity index (χ1n) is 8.12. The number of anilines is 1. The van der Waals surface area contributed by atoms with Gasteiger partial charge < -0.3 is 10.1 Å². The van der Waals surface area contributed by atoms with Crippen molar-refractivity contribution in [3.63, 3.8) is 0 Å². The van der Waals surface area contributed by atoms with Crippen molar-refractivity contribution in [1.82, 2.24) is 5.32 Å². The van der Waals surface area contributed by atoms with E-state index in [9.17, 15) is 14.0 Å².